The molecule has 5 nitrogen and oxygen atoms in total. The van der Waals surface area contributed by atoms with Crippen molar-refractivity contribution in [3.63, 3.8) is 0 Å². The molecule has 0 radical (unpaired) electrons. The molecule has 2 aromatic rings. The van der Waals surface area contributed by atoms with Gasteiger partial charge in [0.2, 0.25) is 0 Å². The van der Waals surface area contributed by atoms with Gasteiger partial charge in [-0.1, -0.05) is 37.3 Å². The van der Waals surface area contributed by atoms with E-state index >= 15 is 0 Å². The topological polar surface area (TPSA) is 50.8 Å². The summed E-state index contributed by atoms with van der Waals surface area (Å²) in [7, 11) is 3.41. The molecule has 0 unspecified atom stereocenters. The van der Waals surface area contributed by atoms with Gasteiger partial charge in [-0.05, 0) is 42.2 Å². The lowest BCUT2D eigenvalue weighted by Crippen LogP contribution is -2.36. The summed E-state index contributed by atoms with van der Waals surface area (Å²) in [5, 5.41) is 2.94. The molecule has 0 aliphatic carbocycles. The van der Waals surface area contributed by atoms with Gasteiger partial charge in [-0.25, -0.2) is 4.79 Å². The van der Waals surface area contributed by atoms with Gasteiger partial charge < -0.3 is 19.7 Å². The first-order valence-corrected chi connectivity index (χ1v) is 8.88. The molecule has 1 N–H and O–H groups in total. The first-order chi connectivity index (χ1) is 12.5. The zero-order valence-corrected chi connectivity index (χ0v) is 16.0. The summed E-state index contributed by atoms with van der Waals surface area (Å²) < 4.78 is 11.0. The Morgan fingerprint density at radius 1 is 1.15 bits per heavy atom. The molecule has 26 heavy (non-hydrogen) atoms. The van der Waals surface area contributed by atoms with E-state index in [4.69, 9.17) is 9.47 Å². The van der Waals surface area contributed by atoms with Gasteiger partial charge in [0.15, 0.2) is 11.5 Å². The number of nitrogens with zero attached hydrogens (tertiary/aromatic N) is 1. The van der Waals surface area contributed by atoms with Crippen molar-refractivity contribution in [1.29, 1.82) is 0 Å². The zero-order chi connectivity index (χ0) is 18.9. The van der Waals surface area contributed by atoms with Crippen LogP contribution in [0.5, 0.6) is 11.5 Å². The van der Waals surface area contributed by atoms with E-state index in [1.165, 1.54) is 5.56 Å². The maximum Gasteiger partial charge on any atom is 0.317 e. The molecular weight excluding hydrogens is 328 g/mol. The Morgan fingerprint density at radius 2 is 1.92 bits per heavy atom. The third kappa shape index (κ3) is 5.41. The van der Waals surface area contributed by atoms with E-state index in [0.717, 1.165) is 23.3 Å². The minimum absolute atomic E-state index is 0.112. The summed E-state index contributed by atoms with van der Waals surface area (Å²) in [5.74, 6) is 1.40. The van der Waals surface area contributed by atoms with Gasteiger partial charge in [-0.15, -0.1) is 0 Å². The third-order valence-electron chi connectivity index (χ3n) is 4.15. The summed E-state index contributed by atoms with van der Waals surface area (Å²) in [4.78, 5) is 14.0. The predicted molar refractivity (Wildman–Crippen MR) is 104 cm³/mol. The number of carbonyl (C=O) groups excluding carboxylic acids is 1. The van der Waals surface area contributed by atoms with Crippen LogP contribution in [0.4, 0.5) is 4.79 Å². The highest BCUT2D eigenvalue weighted by atomic mass is 16.5. The number of benzene rings is 2. The van der Waals surface area contributed by atoms with Crippen molar-refractivity contribution in [1.82, 2.24) is 10.2 Å². The highest BCUT2D eigenvalue weighted by Gasteiger charge is 2.11. The van der Waals surface area contributed by atoms with Crippen LogP contribution in [0, 0.1) is 6.92 Å². The third-order valence-corrected chi connectivity index (χ3v) is 4.15. The van der Waals surface area contributed by atoms with Crippen LogP contribution in [0.2, 0.25) is 0 Å². The molecule has 0 saturated carbocycles. The number of ether oxygens (including phenoxy) is 2. The van der Waals surface area contributed by atoms with Crippen LogP contribution in [-0.2, 0) is 13.1 Å². The molecule has 2 rings (SSSR count). The fourth-order valence-electron chi connectivity index (χ4n) is 2.58. The second kappa shape index (κ2) is 9.70. The van der Waals surface area contributed by atoms with Crippen molar-refractivity contribution in [2.75, 3.05) is 20.8 Å². The number of aryl methyl sites for hydroxylation is 1. The van der Waals surface area contributed by atoms with Gasteiger partial charge in [0, 0.05) is 20.1 Å². The zero-order valence-electron chi connectivity index (χ0n) is 16.0. The average molecular weight is 356 g/mol. The summed E-state index contributed by atoms with van der Waals surface area (Å²) in [6, 6.07) is 13.7. The fourth-order valence-corrected chi connectivity index (χ4v) is 2.58. The standard InChI is InChI=1S/C21H28N2O3/c1-5-12-26-19-11-10-17(13-20(19)25-4)14-22-21(24)23(3)15-18-9-7-6-8-16(18)2/h6-11,13H,5,12,14-15H2,1-4H3,(H,22,24). The molecule has 2 amide bonds. The van der Waals surface area contributed by atoms with E-state index in [0.29, 0.717) is 25.4 Å². The van der Waals surface area contributed by atoms with E-state index in [2.05, 4.69) is 25.2 Å². The van der Waals surface area contributed by atoms with Crippen molar-refractivity contribution < 1.29 is 14.3 Å². The Labute approximate surface area is 155 Å². The largest absolute Gasteiger partial charge is 0.493 e. The van der Waals surface area contributed by atoms with Gasteiger partial charge >= 0.3 is 6.03 Å². The normalized spacial score (nSPS) is 10.3. The van der Waals surface area contributed by atoms with Gasteiger partial charge in [-0.3, -0.25) is 0 Å². The van der Waals surface area contributed by atoms with Crippen LogP contribution >= 0.6 is 0 Å². The van der Waals surface area contributed by atoms with Crippen molar-refractivity contribution in [2.24, 2.45) is 0 Å². The lowest BCUT2D eigenvalue weighted by atomic mass is 10.1. The SMILES string of the molecule is CCCOc1ccc(CNC(=O)N(C)Cc2ccccc2C)cc1OC. The molecule has 0 heterocycles. The Morgan fingerprint density at radius 3 is 2.62 bits per heavy atom. The number of nitrogens with one attached hydrogen (secondary N) is 1. The molecule has 0 aliphatic rings. The molecule has 0 saturated heterocycles. The lowest BCUT2D eigenvalue weighted by Gasteiger charge is -2.19. The van der Waals surface area contributed by atoms with E-state index < -0.39 is 0 Å². The van der Waals surface area contributed by atoms with Crippen molar-refractivity contribution >= 4 is 6.03 Å². The van der Waals surface area contributed by atoms with Crippen molar-refractivity contribution in [2.45, 2.75) is 33.4 Å². The molecule has 2 aromatic carbocycles. The maximum atomic E-state index is 12.4. The molecular formula is C21H28N2O3. The number of methoxy groups -OCH3 is 1. The number of hydrogen-bond acceptors (Lipinski definition) is 3. The summed E-state index contributed by atoms with van der Waals surface area (Å²) in [6.07, 6.45) is 0.939. The Bertz CT molecular complexity index is 731. The van der Waals surface area contributed by atoms with Gasteiger partial charge in [0.05, 0.1) is 13.7 Å². The predicted octanol–water partition coefficient (Wildman–Crippen LogP) is 4.13. The van der Waals surface area contributed by atoms with E-state index in [1.54, 1.807) is 19.1 Å². The van der Waals surface area contributed by atoms with Gasteiger partial charge in [0.25, 0.3) is 0 Å². The molecule has 0 aliphatic heterocycles. The number of amides is 2. The van der Waals surface area contributed by atoms with Gasteiger partial charge in [-0.2, -0.15) is 0 Å². The highest BCUT2D eigenvalue weighted by Crippen LogP contribution is 2.28. The minimum atomic E-state index is -0.112. The fraction of sp³-hybridized carbons (Fsp3) is 0.381. The van der Waals surface area contributed by atoms with E-state index in [9.17, 15) is 4.79 Å². The number of carbonyl (C=O) groups is 1. The Kier molecular flexibility index (Phi) is 7.33. The van der Waals surface area contributed by atoms with Crippen LogP contribution in [0.3, 0.4) is 0 Å². The molecule has 0 aromatic heterocycles. The first-order valence-electron chi connectivity index (χ1n) is 8.88. The smallest absolute Gasteiger partial charge is 0.317 e. The second-order valence-corrected chi connectivity index (χ2v) is 6.27. The van der Waals surface area contributed by atoms with E-state index in [-0.39, 0.29) is 6.03 Å². The molecule has 5 heteroatoms. The molecule has 0 spiro atoms. The molecule has 140 valence electrons. The van der Waals surface area contributed by atoms with Crippen LogP contribution in [0.1, 0.15) is 30.0 Å². The van der Waals surface area contributed by atoms with Gasteiger partial charge in [0.1, 0.15) is 0 Å². The Balaban J connectivity index is 1.93. The van der Waals surface area contributed by atoms with Crippen LogP contribution in [-0.4, -0.2) is 31.7 Å². The van der Waals surface area contributed by atoms with Crippen LogP contribution < -0.4 is 14.8 Å². The molecule has 0 fully saturated rings. The minimum Gasteiger partial charge on any atom is -0.493 e. The lowest BCUT2D eigenvalue weighted by molar-refractivity contribution is 0.206. The molecule has 0 bridgehead atoms. The number of hydrogen-bond donors (Lipinski definition) is 1. The molecule has 0 atom stereocenters. The maximum absolute atomic E-state index is 12.4. The van der Waals surface area contributed by atoms with Crippen LogP contribution in [0.15, 0.2) is 42.5 Å². The van der Waals surface area contributed by atoms with E-state index in [1.807, 2.05) is 36.4 Å². The number of rotatable bonds is 8. The summed E-state index contributed by atoms with van der Waals surface area (Å²) >= 11 is 0. The monoisotopic (exact) mass is 356 g/mol. The summed E-state index contributed by atoms with van der Waals surface area (Å²) in [6.45, 7) is 5.77. The number of urea groups is 1. The summed E-state index contributed by atoms with van der Waals surface area (Å²) in [5.41, 5.74) is 3.28. The van der Waals surface area contributed by atoms with Crippen LogP contribution in [0.25, 0.3) is 0 Å². The van der Waals surface area contributed by atoms with Crippen molar-refractivity contribution in [3.8, 4) is 11.5 Å². The highest BCUT2D eigenvalue weighted by molar-refractivity contribution is 5.73. The first kappa shape index (κ1) is 19.6. The Hall–Kier alpha value is -2.69. The second-order valence-electron chi connectivity index (χ2n) is 6.27. The quantitative estimate of drug-likeness (QED) is 0.773. The van der Waals surface area contributed by atoms with Crippen molar-refractivity contribution in [3.05, 3.63) is 59.2 Å². The average Bonchev–Trinajstić information content (AvgIpc) is 2.66.